The minimum absolute atomic E-state index is 0.211. The van der Waals surface area contributed by atoms with Crippen LogP contribution in [0.15, 0.2) is 72.8 Å². The van der Waals surface area contributed by atoms with E-state index >= 15 is 0 Å². The van der Waals surface area contributed by atoms with Crippen molar-refractivity contribution in [1.82, 2.24) is 0 Å². The lowest BCUT2D eigenvalue weighted by atomic mass is 9.94. The van der Waals surface area contributed by atoms with Gasteiger partial charge in [0.25, 0.3) is 0 Å². The van der Waals surface area contributed by atoms with Crippen molar-refractivity contribution < 1.29 is 47.4 Å². The van der Waals surface area contributed by atoms with Gasteiger partial charge in [0.1, 0.15) is 57.5 Å². The van der Waals surface area contributed by atoms with Crippen molar-refractivity contribution in [3.05, 3.63) is 128 Å². The second-order valence-electron chi connectivity index (χ2n) is 41.3. The van der Waals surface area contributed by atoms with Gasteiger partial charge in [0, 0.05) is 67.8 Å². The monoisotopic (exact) mass is 2040 g/mol. The van der Waals surface area contributed by atoms with Crippen LogP contribution >= 0.6 is 0 Å². The number of methoxy groups -OCH3 is 5. The zero-order valence-electron chi connectivity index (χ0n) is 95.2. The second-order valence-corrected chi connectivity index (χ2v) is 41.3. The molecule has 0 aliphatic rings. The Balaban J connectivity index is 1.64. The zero-order chi connectivity index (χ0) is 107. The molecule has 0 N–H and O–H groups in total. The fourth-order valence-electron chi connectivity index (χ4n) is 19.9. The lowest BCUT2D eigenvalue weighted by molar-refractivity contribution is 0.302. The highest BCUT2D eigenvalue weighted by Crippen LogP contribution is 2.45. The predicted octanol–water partition coefficient (Wildman–Crippen LogP) is 40.4. The summed E-state index contributed by atoms with van der Waals surface area (Å²) in [6, 6.07) is 32.7. The van der Waals surface area contributed by atoms with E-state index in [-0.39, 0.29) is 22.3 Å². The van der Waals surface area contributed by atoms with Crippen molar-refractivity contribution >= 4 is 58.7 Å². The van der Waals surface area contributed by atoms with Gasteiger partial charge in [-0.25, -0.2) is 0 Å². The van der Waals surface area contributed by atoms with Crippen LogP contribution in [0.3, 0.4) is 0 Å². The first-order chi connectivity index (χ1) is 73.4. The Bertz CT molecular complexity index is 4870. The molecule has 0 saturated carbocycles. The second kappa shape index (κ2) is 88.1. The first-order valence-electron chi connectivity index (χ1n) is 59.8. The van der Waals surface area contributed by atoms with Crippen LogP contribution < -0.4 is 47.4 Å². The molecule has 16 nitrogen and oxygen atoms in total. The largest absolute Gasteiger partial charge is 0.496 e. The Morgan fingerprint density at radius 2 is 0.329 bits per heavy atom. The van der Waals surface area contributed by atoms with Crippen molar-refractivity contribution in [3.63, 3.8) is 0 Å². The maximum Gasteiger partial charge on any atom is 0.128 e. The molecule has 5 aromatic rings. The number of allylic oxidation sites excluding steroid dienone is 6. The molecule has 0 saturated heterocycles. The summed E-state index contributed by atoms with van der Waals surface area (Å²) in [5.41, 5.74) is 6.24. The summed E-state index contributed by atoms with van der Waals surface area (Å²) in [6.07, 6.45) is 99.0. The molecule has 0 aliphatic carbocycles. The molecule has 0 fully saturated rings. The van der Waals surface area contributed by atoms with Crippen LogP contribution in [0.25, 0.3) is 58.7 Å². The standard InChI is InChI=1S/C133H198N6O10/c1-11-16-21-26-31-36-41-46-51-56-61-66-71-76-87-145-127-99-112(124(140-6)96-110(127)83-81-85-134)93-118(108-138)122-102-130(143-9)120(104-132(122)148-90-79-74-69-64-59-54-49-44-39-34-29-24-19-14-4)116(106-136)92-114-101-129(147-89-78-73-68-63-58-53-48-43-38-33-28-23-18-13-3)115(98-126(114)142-8)95-117(107-137)121-105-133(149-91-80-75-70-65-60-55-50-45-40-35-30-25-20-15-5)123(103-131(121)144-10)119(109-139)94-113-100-128(111(84-82-86-135)97-125(113)141-7)146-88-77-72-67-62-57-52-47-42-37-32-27-22-17-12-2/h81-84,92-105H,11-80,87-91H2,1-10H3/b83-81+,84-82+,116-92+,117-95+,118-93+,119-94+. The summed E-state index contributed by atoms with van der Waals surface area (Å²) in [4.78, 5) is 0. The number of rotatable bonds is 95. The van der Waals surface area contributed by atoms with E-state index in [1.807, 2.05) is 42.5 Å². The molecule has 149 heavy (non-hydrogen) atoms. The van der Waals surface area contributed by atoms with E-state index in [0.29, 0.717) is 146 Å². The normalized spacial score (nSPS) is 11.8. The minimum atomic E-state index is 0.211. The fraction of sp³-hybridized carbons (Fsp3) is 0.639. The van der Waals surface area contributed by atoms with Crippen LogP contribution in [0.1, 0.15) is 540 Å². The first-order valence-corrected chi connectivity index (χ1v) is 59.8. The van der Waals surface area contributed by atoms with Gasteiger partial charge in [-0.3, -0.25) is 0 Å². The van der Waals surface area contributed by atoms with Gasteiger partial charge in [-0.2, -0.15) is 31.6 Å². The Kier molecular flexibility index (Phi) is 76.2. The quantitative estimate of drug-likeness (QED) is 0.0200. The summed E-state index contributed by atoms with van der Waals surface area (Å²) in [5, 5.41) is 66.0. The number of unbranched alkanes of at least 4 members (excludes halogenated alkanes) is 65. The molecule has 0 atom stereocenters. The van der Waals surface area contributed by atoms with Crippen molar-refractivity contribution in [2.75, 3.05) is 68.6 Å². The van der Waals surface area contributed by atoms with Gasteiger partial charge in [-0.05, 0) is 129 Å². The molecule has 5 aromatic carbocycles. The molecule has 0 radical (unpaired) electrons. The van der Waals surface area contributed by atoms with E-state index in [1.165, 1.54) is 346 Å². The third-order valence-corrected chi connectivity index (χ3v) is 29.0. The van der Waals surface area contributed by atoms with E-state index in [9.17, 15) is 31.6 Å². The smallest absolute Gasteiger partial charge is 0.128 e. The summed E-state index contributed by atoms with van der Waals surface area (Å²) in [7, 11) is 7.87. The van der Waals surface area contributed by atoms with Crippen LogP contribution in [0.5, 0.6) is 57.5 Å². The maximum atomic E-state index is 11.7. The van der Waals surface area contributed by atoms with Gasteiger partial charge in [0.2, 0.25) is 0 Å². The number of nitriles is 6. The molecule has 0 bridgehead atoms. The van der Waals surface area contributed by atoms with E-state index in [1.54, 1.807) is 90.2 Å². The van der Waals surface area contributed by atoms with Crippen molar-refractivity contribution in [2.45, 2.75) is 484 Å². The number of ether oxygens (including phenoxy) is 10. The lowest BCUT2D eigenvalue weighted by Crippen LogP contribution is -2.04. The molecule has 0 spiro atoms. The summed E-state index contributed by atoms with van der Waals surface area (Å²) < 4.78 is 65.1. The summed E-state index contributed by atoms with van der Waals surface area (Å²) in [6.45, 7) is 13.4. The number of hydrogen-bond acceptors (Lipinski definition) is 16. The first kappa shape index (κ1) is 129. The Morgan fingerprint density at radius 3 is 0.510 bits per heavy atom. The molecule has 0 aromatic heterocycles. The zero-order valence-corrected chi connectivity index (χ0v) is 95.2. The molecular weight excluding hydrogens is 1840 g/mol. The molecule has 0 aliphatic heterocycles. The topological polar surface area (TPSA) is 235 Å². The SMILES string of the molecule is CCCCCCCCCCCCCCCCOc1cc(/C=C(\C#N)c2cc(OCCCCCCCCCCCCCCCC)c(/C(C#N)=C/c3cc(OCCCCCCCCCCCCCCCC)c(/C=C/C#N)cc3OC)cc2OC)c(OC)cc1/C=C(\C#N)c1cc(OCCCCCCCCCCCCCCCC)c(/C(C#N)=C/c2cc(OCCCCCCCCCCCCCCCC)c(/C=C/C#N)cc2OC)cc1OC. The Labute approximate surface area is 907 Å². The average Bonchev–Trinajstić information content (AvgIpc) is 0.784. The van der Waals surface area contributed by atoms with E-state index in [4.69, 9.17) is 47.4 Å². The lowest BCUT2D eigenvalue weighted by Gasteiger charge is -2.18. The minimum Gasteiger partial charge on any atom is -0.496 e. The van der Waals surface area contributed by atoms with Crippen LogP contribution in [-0.4, -0.2) is 68.6 Å². The highest BCUT2D eigenvalue weighted by atomic mass is 16.5. The Morgan fingerprint density at radius 1 is 0.181 bits per heavy atom. The highest BCUT2D eigenvalue weighted by Gasteiger charge is 2.25. The molecule has 0 heterocycles. The van der Waals surface area contributed by atoms with Gasteiger partial charge in [0.15, 0.2) is 0 Å². The molecule has 820 valence electrons. The summed E-state index contributed by atoms with van der Waals surface area (Å²) in [5.74, 6) is 4.29. The van der Waals surface area contributed by atoms with Crippen LogP contribution in [-0.2, 0) is 0 Å². The number of benzene rings is 5. The molecule has 16 heteroatoms. The fourth-order valence-corrected chi connectivity index (χ4v) is 19.9. The molecule has 0 amide bonds. The predicted molar refractivity (Wildman–Crippen MR) is 627 cm³/mol. The van der Waals surface area contributed by atoms with E-state index in [0.717, 1.165) is 116 Å². The van der Waals surface area contributed by atoms with Gasteiger partial charge in [0.05, 0.1) is 127 Å². The van der Waals surface area contributed by atoms with Crippen molar-refractivity contribution in [2.24, 2.45) is 0 Å². The molecule has 5 rings (SSSR count). The average molecular weight is 2040 g/mol. The highest BCUT2D eigenvalue weighted by molar-refractivity contribution is 6.00. The van der Waals surface area contributed by atoms with E-state index < -0.39 is 0 Å². The Hall–Kier alpha value is -10.5. The third kappa shape index (κ3) is 55.9. The maximum absolute atomic E-state index is 11.7. The molecular formula is C133H198N6O10. The van der Waals surface area contributed by atoms with Gasteiger partial charge < -0.3 is 47.4 Å². The van der Waals surface area contributed by atoms with Gasteiger partial charge in [-0.1, -0.05) is 452 Å². The van der Waals surface area contributed by atoms with Crippen LogP contribution in [0.2, 0.25) is 0 Å². The third-order valence-electron chi connectivity index (χ3n) is 29.0. The van der Waals surface area contributed by atoms with Crippen LogP contribution in [0, 0.1) is 68.0 Å². The number of nitrogens with zero attached hydrogens (tertiary/aromatic N) is 6. The summed E-state index contributed by atoms with van der Waals surface area (Å²) >= 11 is 0. The van der Waals surface area contributed by atoms with Crippen molar-refractivity contribution in [1.29, 1.82) is 31.6 Å². The van der Waals surface area contributed by atoms with Crippen LogP contribution in [0.4, 0.5) is 0 Å². The van der Waals surface area contributed by atoms with Gasteiger partial charge >= 0.3 is 0 Å². The van der Waals surface area contributed by atoms with Crippen molar-refractivity contribution in [3.8, 4) is 93.9 Å². The molecule has 0 unspecified atom stereocenters. The number of hydrogen-bond donors (Lipinski definition) is 0. The van der Waals surface area contributed by atoms with Gasteiger partial charge in [-0.15, -0.1) is 0 Å². The van der Waals surface area contributed by atoms with E-state index in [2.05, 4.69) is 71.0 Å².